The third kappa shape index (κ3) is 2.30. The summed E-state index contributed by atoms with van der Waals surface area (Å²) in [4.78, 5) is 22.6. The van der Waals surface area contributed by atoms with E-state index >= 15 is 0 Å². The maximum Gasteiger partial charge on any atom is 0.337 e. The molecule has 2 fully saturated rings. The quantitative estimate of drug-likeness (QED) is 0.441. The van der Waals surface area contributed by atoms with Gasteiger partial charge in [0.25, 0.3) is 0 Å². The van der Waals surface area contributed by atoms with Gasteiger partial charge in [-0.15, -0.1) is 0 Å². The van der Waals surface area contributed by atoms with Crippen molar-refractivity contribution in [2.75, 3.05) is 0 Å². The van der Waals surface area contributed by atoms with E-state index in [1.807, 2.05) is 0 Å². The predicted molar refractivity (Wildman–Crippen MR) is 50.3 cm³/mol. The van der Waals surface area contributed by atoms with Gasteiger partial charge in [0, 0.05) is 32.3 Å². The molecule has 0 N–H and O–H groups in total. The van der Waals surface area contributed by atoms with E-state index in [0.29, 0.717) is 5.92 Å². The molecule has 4 heteroatoms. The van der Waals surface area contributed by atoms with Crippen molar-refractivity contribution in [3.8, 4) is 0 Å². The first-order valence-corrected chi connectivity index (χ1v) is 5.05. The zero-order valence-electron chi connectivity index (χ0n) is 8.62. The van der Waals surface area contributed by atoms with E-state index in [0.717, 1.165) is 38.2 Å². The zero-order chi connectivity index (χ0) is 10.2. The maximum atomic E-state index is 11.7. The number of fused-ring (bicyclic) bond motifs is 2. The molecule has 2 bridgehead atoms. The first-order chi connectivity index (χ1) is 6.66. The summed E-state index contributed by atoms with van der Waals surface area (Å²) in [7, 11) is 0. The third-order valence-electron chi connectivity index (χ3n) is 3.53. The van der Waals surface area contributed by atoms with E-state index in [-0.39, 0.29) is 37.6 Å². The fourth-order valence-corrected chi connectivity index (χ4v) is 2.72. The van der Waals surface area contributed by atoms with Gasteiger partial charge in [-0.2, -0.15) is 0 Å². The molecule has 80 valence electrons. The van der Waals surface area contributed by atoms with Crippen molar-refractivity contribution < 1.29 is 40.5 Å². The van der Waals surface area contributed by atoms with Gasteiger partial charge in [-0.25, -0.2) is 4.79 Å². The Morgan fingerprint density at radius 3 is 2.33 bits per heavy atom. The van der Waals surface area contributed by atoms with Crippen molar-refractivity contribution in [3.63, 3.8) is 0 Å². The molecule has 2 aliphatic rings. The Kier molecular flexibility index (Phi) is 4.05. The number of hydrogen-bond donors (Lipinski definition) is 0. The van der Waals surface area contributed by atoms with Gasteiger partial charge in [0.1, 0.15) is 0 Å². The topological polar surface area (TPSA) is 43.4 Å². The first-order valence-electron chi connectivity index (χ1n) is 5.05. The number of esters is 2. The zero-order valence-corrected chi connectivity index (χ0v) is 11.1. The van der Waals surface area contributed by atoms with Crippen LogP contribution in [0.5, 0.6) is 0 Å². The van der Waals surface area contributed by atoms with Crippen molar-refractivity contribution in [2.24, 2.45) is 11.3 Å². The van der Waals surface area contributed by atoms with Gasteiger partial charge in [-0.3, -0.25) is 4.79 Å². The van der Waals surface area contributed by atoms with Crippen molar-refractivity contribution in [3.05, 3.63) is 12.7 Å². The smallest absolute Gasteiger partial charge is 0.337 e. The van der Waals surface area contributed by atoms with Crippen LogP contribution in [0.15, 0.2) is 12.7 Å². The van der Waals surface area contributed by atoms with Crippen LogP contribution in [0.4, 0.5) is 0 Å². The molecule has 0 saturated heterocycles. The van der Waals surface area contributed by atoms with Crippen LogP contribution in [0.25, 0.3) is 0 Å². The molecule has 2 saturated carbocycles. The fourth-order valence-electron chi connectivity index (χ4n) is 2.72. The summed E-state index contributed by atoms with van der Waals surface area (Å²) in [6.45, 7) is 3.27. The van der Waals surface area contributed by atoms with Gasteiger partial charge in [-0.05, 0) is 38.0 Å². The van der Waals surface area contributed by atoms with Crippen LogP contribution in [-0.2, 0) is 40.5 Å². The Balaban J connectivity index is 0.00000112. The number of carbonyl (C=O) groups is 2. The molecule has 0 unspecified atom stereocenters. The summed E-state index contributed by atoms with van der Waals surface area (Å²) in [5.74, 6) is -0.275. The molecule has 0 aromatic heterocycles. The Hall–Kier alpha value is -0.237. The molecule has 0 spiro atoms. The minimum Gasteiger partial charge on any atom is -0.389 e. The van der Waals surface area contributed by atoms with E-state index < -0.39 is 5.97 Å². The van der Waals surface area contributed by atoms with Crippen LogP contribution >= 0.6 is 0 Å². The number of rotatable bonds is 2. The molecule has 0 radical (unpaired) electrons. The van der Waals surface area contributed by atoms with Crippen LogP contribution in [0.3, 0.4) is 0 Å². The van der Waals surface area contributed by atoms with Gasteiger partial charge in [0.05, 0.1) is 5.41 Å². The second kappa shape index (κ2) is 4.73. The molecule has 15 heavy (non-hydrogen) atoms. The van der Waals surface area contributed by atoms with Crippen LogP contribution in [0.1, 0.15) is 32.1 Å². The minimum atomic E-state index is -0.625. The van der Waals surface area contributed by atoms with E-state index in [1.54, 1.807) is 0 Å². The standard InChI is InChI=1S/C11H14O3.Zr/c1-2-9(12)14-10(13)11-5-3-8(7-11)4-6-11;/h2,8H,1,3-7H2;. The van der Waals surface area contributed by atoms with Crippen molar-refractivity contribution in [1.29, 1.82) is 0 Å². The average molecular weight is 285 g/mol. The Bertz CT molecular complexity index is 290. The van der Waals surface area contributed by atoms with Crippen LogP contribution in [-0.4, -0.2) is 11.9 Å². The summed E-state index contributed by atoms with van der Waals surface area (Å²) < 4.78 is 4.71. The first kappa shape index (κ1) is 12.8. The van der Waals surface area contributed by atoms with Gasteiger partial charge < -0.3 is 4.74 Å². The van der Waals surface area contributed by atoms with Gasteiger partial charge in [-0.1, -0.05) is 6.58 Å². The Morgan fingerprint density at radius 1 is 1.33 bits per heavy atom. The molecule has 0 atom stereocenters. The number of hydrogen-bond acceptors (Lipinski definition) is 3. The van der Waals surface area contributed by atoms with E-state index in [1.165, 1.54) is 0 Å². The SMILES string of the molecule is C=CC(=O)OC(=O)C12CCC(CC1)C2.[Zr]. The summed E-state index contributed by atoms with van der Waals surface area (Å²) >= 11 is 0. The second-order valence-electron chi connectivity index (χ2n) is 4.34. The summed E-state index contributed by atoms with van der Waals surface area (Å²) in [6, 6.07) is 0. The molecule has 0 heterocycles. The van der Waals surface area contributed by atoms with Crippen molar-refractivity contribution in [2.45, 2.75) is 32.1 Å². The number of ether oxygens (including phenoxy) is 1. The van der Waals surface area contributed by atoms with Crippen LogP contribution in [0.2, 0.25) is 0 Å². The largest absolute Gasteiger partial charge is 0.389 e. The number of carbonyl (C=O) groups excluding carboxylic acids is 2. The molecule has 2 rings (SSSR count). The second-order valence-corrected chi connectivity index (χ2v) is 4.34. The van der Waals surface area contributed by atoms with Crippen molar-refractivity contribution in [1.82, 2.24) is 0 Å². The molecular weight excluding hydrogens is 271 g/mol. The molecule has 0 aromatic rings. The van der Waals surface area contributed by atoms with Crippen LogP contribution in [0, 0.1) is 11.3 Å². The molecular formula is C11H14O3Zr. The minimum absolute atomic E-state index is 0. The molecule has 3 nitrogen and oxygen atoms in total. The van der Waals surface area contributed by atoms with Gasteiger partial charge >= 0.3 is 11.9 Å². The predicted octanol–water partition coefficient (Wildman–Crippen LogP) is 1.82. The summed E-state index contributed by atoms with van der Waals surface area (Å²) in [6.07, 6.45) is 5.95. The normalized spacial score (nSPS) is 31.9. The molecule has 0 amide bonds. The Labute approximate surface area is 108 Å². The molecule has 0 aromatic carbocycles. The fraction of sp³-hybridized carbons (Fsp3) is 0.636. The van der Waals surface area contributed by atoms with E-state index in [9.17, 15) is 9.59 Å². The summed E-state index contributed by atoms with van der Waals surface area (Å²) in [5.41, 5.74) is -0.330. The van der Waals surface area contributed by atoms with Crippen LogP contribution < -0.4 is 0 Å². The van der Waals surface area contributed by atoms with Gasteiger partial charge in [0.15, 0.2) is 0 Å². The average Bonchev–Trinajstić information content (AvgIpc) is 2.78. The molecule has 0 aliphatic heterocycles. The monoisotopic (exact) mass is 284 g/mol. The third-order valence-corrected chi connectivity index (χ3v) is 3.53. The summed E-state index contributed by atoms with van der Waals surface area (Å²) in [5, 5.41) is 0. The van der Waals surface area contributed by atoms with Gasteiger partial charge in [0.2, 0.25) is 0 Å². The van der Waals surface area contributed by atoms with E-state index in [4.69, 9.17) is 4.74 Å². The van der Waals surface area contributed by atoms with Crippen molar-refractivity contribution >= 4 is 11.9 Å². The molecule has 2 aliphatic carbocycles. The maximum absolute atomic E-state index is 11.7. The Morgan fingerprint density at radius 2 is 1.93 bits per heavy atom. The van der Waals surface area contributed by atoms with E-state index in [2.05, 4.69) is 6.58 Å².